The minimum atomic E-state index is -0.862. The number of amides is 1. The summed E-state index contributed by atoms with van der Waals surface area (Å²) in [6.45, 7) is 0.841. The first-order chi connectivity index (χ1) is 13.6. The lowest BCUT2D eigenvalue weighted by Crippen LogP contribution is -2.32. The van der Waals surface area contributed by atoms with Crippen LogP contribution in [0.3, 0.4) is 0 Å². The lowest BCUT2D eigenvalue weighted by atomic mass is 10.1. The molecule has 3 aromatic rings. The van der Waals surface area contributed by atoms with E-state index in [9.17, 15) is 9.59 Å². The molecule has 0 saturated carbocycles. The highest BCUT2D eigenvalue weighted by molar-refractivity contribution is 7.08. The van der Waals surface area contributed by atoms with Crippen molar-refractivity contribution in [2.45, 2.75) is 32.2 Å². The fourth-order valence-corrected chi connectivity index (χ4v) is 3.39. The van der Waals surface area contributed by atoms with Crippen molar-refractivity contribution in [3.8, 4) is 11.4 Å². The SMILES string of the molecule is O=C(O)CCCN(Cc1ccccc1)C(=O)CCc1nc(-c2ccsc2)no1. The quantitative estimate of drug-likeness (QED) is 0.559. The summed E-state index contributed by atoms with van der Waals surface area (Å²) in [5.74, 6) is 0.00880. The molecule has 0 aliphatic heterocycles. The third-order valence-corrected chi connectivity index (χ3v) is 4.87. The van der Waals surface area contributed by atoms with Gasteiger partial charge in [0.15, 0.2) is 0 Å². The largest absolute Gasteiger partial charge is 0.481 e. The van der Waals surface area contributed by atoms with Gasteiger partial charge in [-0.3, -0.25) is 9.59 Å². The molecule has 8 heteroatoms. The van der Waals surface area contributed by atoms with Gasteiger partial charge in [0.25, 0.3) is 0 Å². The number of aliphatic carboxylic acids is 1. The number of hydrogen-bond donors (Lipinski definition) is 1. The van der Waals surface area contributed by atoms with Crippen LogP contribution >= 0.6 is 11.3 Å². The van der Waals surface area contributed by atoms with Crippen molar-refractivity contribution >= 4 is 23.2 Å². The zero-order valence-corrected chi connectivity index (χ0v) is 16.1. The summed E-state index contributed by atoms with van der Waals surface area (Å²) in [6.07, 6.45) is 1.02. The van der Waals surface area contributed by atoms with Gasteiger partial charge in [0, 0.05) is 43.3 Å². The molecule has 28 heavy (non-hydrogen) atoms. The number of rotatable bonds is 10. The van der Waals surface area contributed by atoms with Gasteiger partial charge in [0.05, 0.1) is 0 Å². The standard InChI is InChI=1S/C20H21N3O4S/c24-18(9-8-17-21-20(22-27-17)16-10-12-28-14-16)23(11-4-7-19(25)26)13-15-5-2-1-3-6-15/h1-3,5-6,10,12,14H,4,7-9,11,13H2,(H,25,26). The van der Waals surface area contributed by atoms with Gasteiger partial charge in [0.1, 0.15) is 0 Å². The molecular formula is C20H21N3O4S. The first-order valence-electron chi connectivity index (χ1n) is 9.00. The highest BCUT2D eigenvalue weighted by Gasteiger charge is 2.17. The van der Waals surface area contributed by atoms with Crippen molar-refractivity contribution in [2.75, 3.05) is 6.54 Å². The smallest absolute Gasteiger partial charge is 0.303 e. The van der Waals surface area contributed by atoms with Crippen LogP contribution in [0.2, 0.25) is 0 Å². The Bertz CT molecular complexity index is 893. The summed E-state index contributed by atoms with van der Waals surface area (Å²) in [5.41, 5.74) is 1.90. The van der Waals surface area contributed by atoms with Gasteiger partial charge >= 0.3 is 5.97 Å². The predicted molar refractivity (Wildman–Crippen MR) is 105 cm³/mol. The van der Waals surface area contributed by atoms with Crippen LogP contribution in [-0.4, -0.2) is 38.6 Å². The van der Waals surface area contributed by atoms with Gasteiger partial charge in [-0.15, -0.1) is 0 Å². The molecule has 0 bridgehead atoms. The Morgan fingerprint density at radius 2 is 1.96 bits per heavy atom. The first kappa shape index (κ1) is 19.8. The maximum atomic E-state index is 12.7. The van der Waals surface area contributed by atoms with Gasteiger partial charge in [0.2, 0.25) is 17.6 Å². The van der Waals surface area contributed by atoms with Crippen LogP contribution in [-0.2, 0) is 22.6 Å². The number of carboxylic acid groups (broad SMARTS) is 1. The Labute approximate surface area is 166 Å². The molecule has 7 nitrogen and oxygen atoms in total. The number of aryl methyl sites for hydroxylation is 1. The van der Waals surface area contributed by atoms with Crippen molar-refractivity contribution in [2.24, 2.45) is 0 Å². The first-order valence-corrected chi connectivity index (χ1v) is 9.95. The maximum Gasteiger partial charge on any atom is 0.303 e. The van der Waals surface area contributed by atoms with E-state index in [0.717, 1.165) is 11.1 Å². The summed E-state index contributed by atoms with van der Waals surface area (Å²) in [6, 6.07) is 11.6. The van der Waals surface area contributed by atoms with Crippen LogP contribution < -0.4 is 0 Å². The second kappa shape index (κ2) is 9.80. The molecule has 2 heterocycles. The average molecular weight is 399 g/mol. The fraction of sp³-hybridized carbons (Fsp3) is 0.300. The zero-order chi connectivity index (χ0) is 19.8. The molecule has 0 radical (unpaired) electrons. The Balaban J connectivity index is 1.59. The van der Waals surface area contributed by atoms with Gasteiger partial charge in [-0.25, -0.2) is 0 Å². The van der Waals surface area contributed by atoms with E-state index in [2.05, 4.69) is 10.1 Å². The number of carboxylic acids is 1. The highest BCUT2D eigenvalue weighted by Crippen LogP contribution is 2.19. The van der Waals surface area contributed by atoms with E-state index in [-0.39, 0.29) is 18.7 Å². The third kappa shape index (κ3) is 5.75. The van der Waals surface area contributed by atoms with Gasteiger partial charge in [-0.2, -0.15) is 16.3 Å². The molecule has 1 amide bonds. The third-order valence-electron chi connectivity index (χ3n) is 4.19. The Hall–Kier alpha value is -3.00. The Morgan fingerprint density at radius 3 is 2.68 bits per heavy atom. The fourth-order valence-electron chi connectivity index (χ4n) is 2.75. The molecule has 1 aromatic carbocycles. The van der Waals surface area contributed by atoms with Crippen molar-refractivity contribution in [3.05, 3.63) is 58.6 Å². The number of thiophene rings is 1. The van der Waals surface area contributed by atoms with Crippen LogP contribution in [0.5, 0.6) is 0 Å². The molecule has 0 aliphatic carbocycles. The molecule has 2 aromatic heterocycles. The molecule has 1 N–H and O–H groups in total. The number of aromatic nitrogens is 2. The summed E-state index contributed by atoms with van der Waals surface area (Å²) in [5, 5.41) is 16.7. The number of benzene rings is 1. The van der Waals surface area contributed by atoms with Crippen molar-refractivity contribution in [3.63, 3.8) is 0 Å². The molecule has 146 valence electrons. The van der Waals surface area contributed by atoms with Crippen LogP contribution in [0.1, 0.15) is 30.7 Å². The molecular weight excluding hydrogens is 378 g/mol. The van der Waals surface area contributed by atoms with Crippen molar-refractivity contribution in [1.29, 1.82) is 0 Å². The second-order valence-corrected chi connectivity index (χ2v) is 7.10. The average Bonchev–Trinajstić information content (AvgIpc) is 3.37. The van der Waals surface area contributed by atoms with Crippen LogP contribution in [0.15, 0.2) is 51.7 Å². The van der Waals surface area contributed by atoms with Crippen LogP contribution in [0.4, 0.5) is 0 Å². The van der Waals surface area contributed by atoms with E-state index >= 15 is 0 Å². The minimum absolute atomic E-state index is 0.0340. The van der Waals surface area contributed by atoms with Crippen LogP contribution in [0, 0.1) is 0 Å². The number of carbonyl (C=O) groups is 2. The highest BCUT2D eigenvalue weighted by atomic mass is 32.1. The summed E-state index contributed by atoms with van der Waals surface area (Å²) < 4.78 is 5.24. The van der Waals surface area contributed by atoms with Gasteiger partial charge < -0.3 is 14.5 Å². The molecule has 0 fully saturated rings. The number of hydrogen-bond acceptors (Lipinski definition) is 6. The minimum Gasteiger partial charge on any atom is -0.481 e. The Morgan fingerprint density at radius 1 is 1.14 bits per heavy atom. The van der Waals surface area contributed by atoms with E-state index in [0.29, 0.717) is 37.6 Å². The van der Waals surface area contributed by atoms with Crippen LogP contribution in [0.25, 0.3) is 11.4 Å². The molecule has 0 spiro atoms. The van der Waals surface area contributed by atoms with Crippen molar-refractivity contribution < 1.29 is 19.2 Å². The topological polar surface area (TPSA) is 96.5 Å². The Kier molecular flexibility index (Phi) is 6.91. The van der Waals surface area contributed by atoms with Gasteiger partial charge in [-0.1, -0.05) is 35.5 Å². The van der Waals surface area contributed by atoms with Gasteiger partial charge in [-0.05, 0) is 23.4 Å². The summed E-state index contributed by atoms with van der Waals surface area (Å²) in [7, 11) is 0. The molecule has 0 atom stereocenters. The molecule has 0 saturated heterocycles. The predicted octanol–water partition coefficient (Wildman–Crippen LogP) is 3.62. The van der Waals surface area contributed by atoms with E-state index < -0.39 is 5.97 Å². The van der Waals surface area contributed by atoms with E-state index in [1.54, 1.807) is 16.2 Å². The normalized spacial score (nSPS) is 10.7. The lowest BCUT2D eigenvalue weighted by molar-refractivity contribution is -0.138. The zero-order valence-electron chi connectivity index (χ0n) is 15.3. The van der Waals surface area contributed by atoms with E-state index in [4.69, 9.17) is 9.63 Å². The summed E-state index contributed by atoms with van der Waals surface area (Å²) in [4.78, 5) is 29.5. The molecule has 0 unspecified atom stereocenters. The number of nitrogens with zero attached hydrogens (tertiary/aromatic N) is 3. The second-order valence-electron chi connectivity index (χ2n) is 6.32. The maximum absolute atomic E-state index is 12.7. The summed E-state index contributed by atoms with van der Waals surface area (Å²) >= 11 is 1.55. The number of carbonyl (C=O) groups excluding carboxylic acids is 1. The monoisotopic (exact) mass is 399 g/mol. The van der Waals surface area contributed by atoms with Crippen molar-refractivity contribution in [1.82, 2.24) is 15.0 Å². The molecule has 0 aliphatic rings. The van der Waals surface area contributed by atoms with E-state index in [1.807, 2.05) is 47.2 Å². The lowest BCUT2D eigenvalue weighted by Gasteiger charge is -2.22. The van der Waals surface area contributed by atoms with E-state index in [1.165, 1.54) is 0 Å². The molecule has 3 rings (SSSR count).